The number of alkyl halides is 1. The van der Waals surface area contributed by atoms with Crippen molar-refractivity contribution < 1.29 is 4.79 Å². The minimum Gasteiger partial charge on any atom is -0.300 e. The normalized spacial score (nSPS) is 12.7. The zero-order chi connectivity index (χ0) is 8.15. The molecule has 0 aromatic heterocycles. The standard InChI is InChI=1S/C7H12ClNO/c1-3-5(8)7(9)6(10)4-2/h5,9H,3-4H2,1-2H3. The fraction of sp³-hybridized carbons (Fsp3) is 0.714. The van der Waals surface area contributed by atoms with Crippen molar-refractivity contribution >= 4 is 23.1 Å². The Balaban J connectivity index is 3.95. The number of ketones is 1. The SMILES string of the molecule is CCC(=O)C(=N)C(Cl)CC. The summed E-state index contributed by atoms with van der Waals surface area (Å²) < 4.78 is 0. The highest BCUT2D eigenvalue weighted by Gasteiger charge is 2.14. The van der Waals surface area contributed by atoms with E-state index < -0.39 is 5.38 Å². The molecule has 10 heavy (non-hydrogen) atoms. The van der Waals surface area contributed by atoms with E-state index in [0.717, 1.165) is 0 Å². The first-order chi connectivity index (χ1) is 4.63. The Morgan fingerprint density at radius 2 is 2.10 bits per heavy atom. The van der Waals surface area contributed by atoms with Crippen LogP contribution < -0.4 is 0 Å². The van der Waals surface area contributed by atoms with Gasteiger partial charge in [0, 0.05) is 6.42 Å². The van der Waals surface area contributed by atoms with Crippen LogP contribution in [0, 0.1) is 5.41 Å². The van der Waals surface area contributed by atoms with Crippen LogP contribution in [0.15, 0.2) is 0 Å². The predicted octanol–water partition coefficient (Wildman–Crippen LogP) is 2.00. The maximum atomic E-state index is 10.8. The molecule has 3 heteroatoms. The summed E-state index contributed by atoms with van der Waals surface area (Å²) in [7, 11) is 0. The molecule has 0 aromatic rings. The van der Waals surface area contributed by atoms with Gasteiger partial charge in [-0.25, -0.2) is 0 Å². The van der Waals surface area contributed by atoms with Crippen LogP contribution in [0.25, 0.3) is 0 Å². The third-order valence-electron chi connectivity index (χ3n) is 1.29. The van der Waals surface area contributed by atoms with Gasteiger partial charge in [0.05, 0.1) is 11.1 Å². The lowest BCUT2D eigenvalue weighted by atomic mass is 10.1. The molecular weight excluding hydrogens is 150 g/mol. The molecule has 1 unspecified atom stereocenters. The lowest BCUT2D eigenvalue weighted by Gasteiger charge is -2.04. The summed E-state index contributed by atoms with van der Waals surface area (Å²) in [6.45, 7) is 3.59. The van der Waals surface area contributed by atoms with Crippen LogP contribution in [0.3, 0.4) is 0 Å². The summed E-state index contributed by atoms with van der Waals surface area (Å²) in [6, 6.07) is 0. The highest BCUT2D eigenvalue weighted by atomic mass is 35.5. The zero-order valence-corrected chi connectivity index (χ0v) is 7.03. The van der Waals surface area contributed by atoms with E-state index in [0.29, 0.717) is 12.8 Å². The van der Waals surface area contributed by atoms with E-state index in [4.69, 9.17) is 17.0 Å². The second-order valence-corrected chi connectivity index (χ2v) is 2.59. The molecule has 0 bridgehead atoms. The second kappa shape index (κ2) is 4.45. The maximum Gasteiger partial charge on any atom is 0.177 e. The maximum absolute atomic E-state index is 10.8. The lowest BCUT2D eigenvalue weighted by molar-refractivity contribution is -0.112. The van der Waals surface area contributed by atoms with Crippen LogP contribution in [-0.4, -0.2) is 16.9 Å². The van der Waals surface area contributed by atoms with Gasteiger partial charge in [0.2, 0.25) is 0 Å². The first-order valence-electron chi connectivity index (χ1n) is 3.39. The molecule has 0 saturated carbocycles. The topological polar surface area (TPSA) is 40.9 Å². The van der Waals surface area contributed by atoms with Crippen LogP contribution in [0.2, 0.25) is 0 Å². The van der Waals surface area contributed by atoms with Crippen LogP contribution >= 0.6 is 11.6 Å². The van der Waals surface area contributed by atoms with Gasteiger partial charge in [-0.15, -0.1) is 11.6 Å². The van der Waals surface area contributed by atoms with E-state index in [1.807, 2.05) is 6.92 Å². The Morgan fingerprint density at radius 3 is 2.40 bits per heavy atom. The molecule has 0 fully saturated rings. The molecule has 0 amide bonds. The van der Waals surface area contributed by atoms with Crippen molar-refractivity contribution in [2.45, 2.75) is 32.1 Å². The monoisotopic (exact) mass is 161 g/mol. The van der Waals surface area contributed by atoms with Gasteiger partial charge in [0.15, 0.2) is 5.78 Å². The number of hydrogen-bond acceptors (Lipinski definition) is 2. The summed E-state index contributed by atoms with van der Waals surface area (Å²) in [5.41, 5.74) is 0.0478. The molecule has 0 aliphatic rings. The highest BCUT2D eigenvalue weighted by Crippen LogP contribution is 2.04. The highest BCUT2D eigenvalue weighted by molar-refractivity contribution is 6.50. The predicted molar refractivity (Wildman–Crippen MR) is 43.0 cm³/mol. The number of carbonyl (C=O) groups excluding carboxylic acids is 1. The smallest absolute Gasteiger partial charge is 0.177 e. The molecule has 1 atom stereocenters. The summed E-state index contributed by atoms with van der Waals surface area (Å²) in [5, 5.41) is 6.82. The lowest BCUT2D eigenvalue weighted by Crippen LogP contribution is -2.21. The fourth-order valence-corrected chi connectivity index (χ4v) is 0.691. The van der Waals surface area contributed by atoms with Crippen LogP contribution in [0.4, 0.5) is 0 Å². The Kier molecular flexibility index (Phi) is 4.28. The molecule has 0 heterocycles. The average molecular weight is 162 g/mol. The minimum absolute atomic E-state index is 0.0478. The van der Waals surface area contributed by atoms with Gasteiger partial charge in [0.1, 0.15) is 0 Å². The molecule has 0 aliphatic heterocycles. The van der Waals surface area contributed by atoms with Crippen molar-refractivity contribution in [3.63, 3.8) is 0 Å². The van der Waals surface area contributed by atoms with Crippen molar-refractivity contribution in [1.29, 1.82) is 5.41 Å². The van der Waals surface area contributed by atoms with Gasteiger partial charge >= 0.3 is 0 Å². The van der Waals surface area contributed by atoms with Crippen molar-refractivity contribution in [1.82, 2.24) is 0 Å². The van der Waals surface area contributed by atoms with Crippen LogP contribution in [-0.2, 0) is 4.79 Å². The molecule has 0 rings (SSSR count). The minimum atomic E-state index is -0.396. The molecule has 0 aliphatic carbocycles. The molecule has 0 spiro atoms. The van der Waals surface area contributed by atoms with E-state index in [2.05, 4.69) is 0 Å². The second-order valence-electron chi connectivity index (χ2n) is 2.07. The van der Waals surface area contributed by atoms with Gasteiger partial charge in [-0.2, -0.15) is 0 Å². The molecule has 58 valence electrons. The first kappa shape index (κ1) is 9.63. The van der Waals surface area contributed by atoms with E-state index in [-0.39, 0.29) is 11.5 Å². The van der Waals surface area contributed by atoms with Crippen molar-refractivity contribution in [3.05, 3.63) is 0 Å². The van der Waals surface area contributed by atoms with Gasteiger partial charge < -0.3 is 5.41 Å². The number of Topliss-reactive ketones (excluding diaryl/α,β-unsaturated/α-hetero) is 1. The third kappa shape index (κ3) is 2.48. The molecule has 1 N–H and O–H groups in total. The van der Waals surface area contributed by atoms with E-state index in [1.54, 1.807) is 6.92 Å². The van der Waals surface area contributed by atoms with Gasteiger partial charge in [-0.3, -0.25) is 4.79 Å². The van der Waals surface area contributed by atoms with Crippen molar-refractivity contribution in [2.24, 2.45) is 0 Å². The third-order valence-corrected chi connectivity index (χ3v) is 1.82. The number of hydrogen-bond donors (Lipinski definition) is 1. The van der Waals surface area contributed by atoms with E-state index >= 15 is 0 Å². The van der Waals surface area contributed by atoms with E-state index in [9.17, 15) is 4.79 Å². The van der Waals surface area contributed by atoms with Gasteiger partial charge in [0.25, 0.3) is 0 Å². The van der Waals surface area contributed by atoms with Crippen molar-refractivity contribution in [2.75, 3.05) is 0 Å². The largest absolute Gasteiger partial charge is 0.300 e. The average Bonchev–Trinajstić information content (AvgIpc) is 2.00. The first-order valence-corrected chi connectivity index (χ1v) is 3.82. The van der Waals surface area contributed by atoms with Crippen LogP contribution in [0.5, 0.6) is 0 Å². The van der Waals surface area contributed by atoms with Gasteiger partial charge in [-0.05, 0) is 6.42 Å². The zero-order valence-electron chi connectivity index (χ0n) is 6.28. The number of carbonyl (C=O) groups is 1. The Morgan fingerprint density at radius 1 is 1.60 bits per heavy atom. The van der Waals surface area contributed by atoms with Crippen molar-refractivity contribution in [3.8, 4) is 0 Å². The Labute approximate surface area is 66.1 Å². The molecular formula is C7H12ClNO. The quantitative estimate of drug-likeness (QED) is 0.497. The Bertz CT molecular complexity index is 145. The van der Waals surface area contributed by atoms with E-state index in [1.165, 1.54) is 0 Å². The van der Waals surface area contributed by atoms with Crippen LogP contribution in [0.1, 0.15) is 26.7 Å². The van der Waals surface area contributed by atoms with Gasteiger partial charge in [-0.1, -0.05) is 13.8 Å². The number of nitrogens with one attached hydrogen (secondary N) is 1. The molecule has 0 saturated heterocycles. The summed E-state index contributed by atoms with van der Waals surface area (Å²) in [6.07, 6.45) is 1.02. The molecule has 2 nitrogen and oxygen atoms in total. The number of rotatable bonds is 4. The summed E-state index contributed by atoms with van der Waals surface area (Å²) in [4.78, 5) is 10.8. The fourth-order valence-electron chi connectivity index (χ4n) is 0.569. The Hall–Kier alpha value is -0.370. The number of halogens is 1. The summed E-state index contributed by atoms with van der Waals surface area (Å²) in [5.74, 6) is -0.151. The molecule has 0 aromatic carbocycles. The summed E-state index contributed by atoms with van der Waals surface area (Å²) >= 11 is 5.64. The molecule has 0 radical (unpaired) electrons.